The van der Waals surface area contributed by atoms with Gasteiger partial charge < -0.3 is 0 Å². The molecule has 8 fully saturated rings. The Morgan fingerprint density at radius 3 is 1.32 bits per heavy atom. The summed E-state index contributed by atoms with van der Waals surface area (Å²) in [4.78, 5) is 9.75. The predicted octanol–water partition coefficient (Wildman–Crippen LogP) is 5.21. The van der Waals surface area contributed by atoms with Crippen molar-refractivity contribution in [3.8, 4) is 0 Å². The lowest BCUT2D eigenvalue weighted by Gasteiger charge is -2.64. The summed E-state index contributed by atoms with van der Waals surface area (Å²) in [6.07, 6.45) is 20.1. The molecule has 8 rings (SSSR count). The van der Waals surface area contributed by atoms with E-state index in [2.05, 4.69) is 32.5 Å². The van der Waals surface area contributed by atoms with Gasteiger partial charge in [0.2, 0.25) is 0 Å². The van der Waals surface area contributed by atoms with E-state index in [-0.39, 0.29) is 0 Å². The molecule has 8 aliphatic rings. The Morgan fingerprint density at radius 2 is 0.789 bits per heavy atom. The number of piperidine rings is 2. The normalized spacial score (nSPS) is 42.5. The molecule has 0 saturated carbocycles. The van der Waals surface area contributed by atoms with Gasteiger partial charge in [0.15, 0.2) is 6.17 Å². The van der Waals surface area contributed by atoms with Crippen LogP contribution in [0.5, 0.6) is 0 Å². The summed E-state index contributed by atoms with van der Waals surface area (Å²) < 4.78 is 21.7. The van der Waals surface area contributed by atoms with Gasteiger partial charge in [-0.15, -0.1) is 28.0 Å². The minimum Gasteiger partial charge on any atom is -0.128 e. The number of hydrogen-bond donors (Lipinski definition) is 2. The highest BCUT2D eigenvalue weighted by molar-refractivity contribution is 7.97. The van der Waals surface area contributed by atoms with Crippen LogP contribution in [0.1, 0.15) is 89.9 Å². The molecular formula is C26H53N9P3+3. The fourth-order valence-corrected chi connectivity index (χ4v) is 29.3. The van der Waals surface area contributed by atoms with Crippen LogP contribution in [0.4, 0.5) is 0 Å². The summed E-state index contributed by atoms with van der Waals surface area (Å²) in [5, 5.41) is 0. The molecular weight excluding hydrogens is 531 g/mol. The molecule has 0 amide bonds. The quantitative estimate of drug-likeness (QED) is 0.424. The van der Waals surface area contributed by atoms with Gasteiger partial charge in [-0.3, -0.25) is 0 Å². The molecule has 2 N–H and O–H groups in total. The highest BCUT2D eigenvalue weighted by Gasteiger charge is 2.94. The van der Waals surface area contributed by atoms with Crippen LogP contribution in [0.2, 0.25) is 0 Å². The van der Waals surface area contributed by atoms with Crippen molar-refractivity contribution in [2.45, 2.75) is 96.1 Å². The van der Waals surface area contributed by atoms with Crippen LogP contribution in [-0.2, 0) is 0 Å². The Morgan fingerprint density at radius 1 is 0.395 bits per heavy atom. The third kappa shape index (κ3) is 3.81. The highest BCUT2D eigenvalue weighted by atomic mass is 31.3. The third-order valence-electron chi connectivity index (χ3n) is 10.9. The third-order valence-corrected chi connectivity index (χ3v) is 25.6. The Bertz CT molecular complexity index is 813. The van der Waals surface area contributed by atoms with Crippen LogP contribution in [0, 0.1) is 0 Å². The standard InChI is InChI=1S/C26H53N9P3/c1-3-15-29(16-4-1)36(30-17-6-7-18-30)27-37(31-19-8-9-20-31,32-21-10-11-22-32)35-26-14-2-5-25-34(26)38(35,28-36)33-23-12-13-24-33/h26-28H,1-25H2/q+3. The van der Waals surface area contributed by atoms with Crippen molar-refractivity contribution in [2.75, 3.05) is 72.0 Å². The second kappa shape index (κ2) is 10.6. The average molecular weight is 585 g/mol. The summed E-state index contributed by atoms with van der Waals surface area (Å²) in [5.41, 5.74) is 0. The molecule has 214 valence electrons. The molecule has 12 heteroatoms. The molecule has 0 radical (unpaired) electrons. The lowest BCUT2D eigenvalue weighted by Crippen LogP contribution is -2.76. The molecule has 8 heterocycles. The number of fused-ring (bicyclic) bond motifs is 4. The van der Waals surface area contributed by atoms with E-state index >= 15 is 0 Å². The predicted molar refractivity (Wildman–Crippen MR) is 162 cm³/mol. The van der Waals surface area contributed by atoms with Crippen LogP contribution in [-0.4, -0.2) is 111 Å². The van der Waals surface area contributed by atoms with E-state index in [0.29, 0.717) is 6.17 Å². The summed E-state index contributed by atoms with van der Waals surface area (Å²) in [7, 11) is -5.58. The first-order chi connectivity index (χ1) is 18.8. The number of rotatable bonds is 5. The van der Waals surface area contributed by atoms with Crippen LogP contribution >= 0.6 is 23.6 Å². The minimum absolute atomic E-state index is 0.648. The van der Waals surface area contributed by atoms with Gasteiger partial charge >= 0.3 is 23.6 Å². The van der Waals surface area contributed by atoms with Crippen molar-refractivity contribution < 1.29 is 0 Å². The van der Waals surface area contributed by atoms with Gasteiger partial charge in [-0.1, -0.05) is 6.42 Å². The molecule has 9 nitrogen and oxygen atoms in total. The molecule has 8 saturated heterocycles. The van der Waals surface area contributed by atoms with E-state index in [1.54, 1.807) is 0 Å². The van der Waals surface area contributed by atoms with Gasteiger partial charge in [0, 0.05) is 81.7 Å². The van der Waals surface area contributed by atoms with Crippen molar-refractivity contribution in [2.24, 2.45) is 0 Å². The van der Waals surface area contributed by atoms with E-state index in [1.807, 2.05) is 0 Å². The van der Waals surface area contributed by atoms with E-state index in [1.165, 1.54) is 162 Å². The van der Waals surface area contributed by atoms with Crippen molar-refractivity contribution >= 4 is 23.6 Å². The zero-order valence-electron chi connectivity index (χ0n) is 23.7. The molecule has 38 heavy (non-hydrogen) atoms. The van der Waals surface area contributed by atoms with Gasteiger partial charge in [0.05, 0.1) is 4.44 Å². The summed E-state index contributed by atoms with van der Waals surface area (Å²) in [6, 6.07) is 0. The second-order valence-corrected chi connectivity index (χ2v) is 22.7. The summed E-state index contributed by atoms with van der Waals surface area (Å²) in [5.74, 6) is 0. The maximum Gasteiger partial charge on any atom is 0.386 e. The van der Waals surface area contributed by atoms with Crippen LogP contribution in [0.3, 0.4) is 0 Å². The topological polar surface area (TPSA) is 46.7 Å². The molecule has 8 aliphatic heterocycles. The number of hydrogen-bond acceptors (Lipinski definition) is 9. The Kier molecular flexibility index (Phi) is 7.39. The molecule has 0 bridgehead atoms. The zero-order valence-corrected chi connectivity index (χ0v) is 26.4. The molecule has 3 unspecified atom stereocenters. The first kappa shape index (κ1) is 26.5. The van der Waals surface area contributed by atoms with Crippen LogP contribution < -0.4 is 9.72 Å². The van der Waals surface area contributed by atoms with Gasteiger partial charge in [-0.25, -0.2) is 0 Å². The maximum atomic E-state index is 4.90. The monoisotopic (exact) mass is 584 g/mol. The Hall–Kier alpha value is 0.930. The Balaban J connectivity index is 1.34. The number of nitrogens with one attached hydrogen (secondary N) is 2. The number of nitrogens with zero attached hydrogens (tertiary/aromatic N) is 7. The van der Waals surface area contributed by atoms with E-state index in [9.17, 15) is 0 Å². The average Bonchev–Trinajstić information content (AvgIpc) is 3.80. The van der Waals surface area contributed by atoms with E-state index < -0.39 is 23.6 Å². The van der Waals surface area contributed by atoms with Gasteiger partial charge in [-0.2, -0.15) is 0 Å². The van der Waals surface area contributed by atoms with Crippen molar-refractivity contribution in [1.29, 1.82) is 0 Å². The van der Waals surface area contributed by atoms with Crippen molar-refractivity contribution in [1.82, 2.24) is 42.2 Å². The largest absolute Gasteiger partial charge is 0.386 e. The van der Waals surface area contributed by atoms with Crippen molar-refractivity contribution in [3.63, 3.8) is 0 Å². The minimum atomic E-state index is -1.91. The molecule has 0 aromatic heterocycles. The highest BCUT2D eigenvalue weighted by Crippen LogP contribution is 2.96. The molecule has 3 atom stereocenters. The second-order valence-electron chi connectivity index (χ2n) is 13.1. The van der Waals surface area contributed by atoms with Gasteiger partial charge in [-0.05, 0) is 83.5 Å². The van der Waals surface area contributed by atoms with Crippen LogP contribution in [0.15, 0.2) is 0 Å². The van der Waals surface area contributed by atoms with Gasteiger partial charge in [0.1, 0.15) is 0 Å². The first-order valence-corrected chi connectivity index (χ1v) is 21.4. The first-order valence-electron chi connectivity index (χ1n) is 16.4. The maximum absolute atomic E-state index is 4.90. The fraction of sp³-hybridized carbons (Fsp3) is 1.00. The molecule has 0 aromatic carbocycles. The van der Waals surface area contributed by atoms with E-state index in [4.69, 9.17) is 9.72 Å². The van der Waals surface area contributed by atoms with Gasteiger partial charge in [0.25, 0.3) is 0 Å². The smallest absolute Gasteiger partial charge is 0.128 e. The molecule has 0 aliphatic carbocycles. The Labute approximate surface area is 233 Å². The SMILES string of the molecule is C1CCN([P+]2(N3CCCC3)N[P+](N3CCCC3)(N3CCCC3)N3C4CCCCN4[P+]3(N3CCCC3)N2)CC1. The van der Waals surface area contributed by atoms with Crippen LogP contribution in [0.25, 0.3) is 0 Å². The lowest BCUT2D eigenvalue weighted by molar-refractivity contribution is 0.0883. The van der Waals surface area contributed by atoms with E-state index in [0.717, 1.165) is 0 Å². The summed E-state index contributed by atoms with van der Waals surface area (Å²) in [6.45, 7) is 14.3. The fourth-order valence-electron chi connectivity index (χ4n) is 9.07. The zero-order chi connectivity index (χ0) is 25.2. The molecule has 0 aromatic rings. The molecule has 0 spiro atoms. The van der Waals surface area contributed by atoms with Crippen molar-refractivity contribution in [3.05, 3.63) is 0 Å². The summed E-state index contributed by atoms with van der Waals surface area (Å²) >= 11 is 0. The lowest BCUT2D eigenvalue weighted by atomic mass is 10.1.